The second-order valence-corrected chi connectivity index (χ2v) is 4.07. The Bertz CT molecular complexity index is 582. The van der Waals surface area contributed by atoms with Gasteiger partial charge in [-0.1, -0.05) is 0 Å². The number of nitrogen functional groups attached to an aromatic ring is 1. The van der Waals surface area contributed by atoms with Gasteiger partial charge in [0.25, 0.3) is 0 Å². The molecule has 0 radical (unpaired) electrons. The molecule has 2 aromatic heterocycles. The van der Waals surface area contributed by atoms with Gasteiger partial charge in [0.05, 0.1) is 16.6 Å². The van der Waals surface area contributed by atoms with Gasteiger partial charge in [0.1, 0.15) is 11.6 Å². The summed E-state index contributed by atoms with van der Waals surface area (Å²) in [6.45, 7) is 0. The molecule has 16 heavy (non-hydrogen) atoms. The van der Waals surface area contributed by atoms with Crippen molar-refractivity contribution in [2.75, 3.05) is 5.73 Å². The minimum Gasteiger partial charge on any atom is -0.481 e. The van der Waals surface area contributed by atoms with Crippen molar-refractivity contribution < 1.29 is 14.3 Å². The number of halogens is 2. The van der Waals surface area contributed by atoms with E-state index in [0.29, 0.717) is 10.1 Å². The Morgan fingerprint density at radius 3 is 3.00 bits per heavy atom. The van der Waals surface area contributed by atoms with Gasteiger partial charge in [0.2, 0.25) is 0 Å². The van der Waals surface area contributed by atoms with Crippen molar-refractivity contribution in [3.8, 4) is 0 Å². The molecular formula is C9H7BrFN3O2. The van der Waals surface area contributed by atoms with Crippen LogP contribution in [0.4, 0.5) is 10.2 Å². The molecule has 0 spiro atoms. The third kappa shape index (κ3) is 1.73. The molecule has 84 valence electrons. The van der Waals surface area contributed by atoms with Gasteiger partial charge in [0, 0.05) is 6.20 Å². The summed E-state index contributed by atoms with van der Waals surface area (Å²) in [6, 6.07) is 1.24. The number of carbonyl (C=O) groups is 1. The summed E-state index contributed by atoms with van der Waals surface area (Å²) >= 11 is 3.14. The SMILES string of the molecule is Nc1c(CC(=O)O)nc2c(Br)cc(F)cn12. The maximum atomic E-state index is 13.1. The van der Waals surface area contributed by atoms with Crippen molar-refractivity contribution in [3.05, 3.63) is 28.2 Å². The van der Waals surface area contributed by atoms with Crippen molar-refractivity contribution in [2.24, 2.45) is 0 Å². The zero-order valence-corrected chi connectivity index (χ0v) is 9.53. The molecule has 5 nitrogen and oxygen atoms in total. The van der Waals surface area contributed by atoms with E-state index in [1.54, 1.807) is 0 Å². The molecule has 0 aliphatic rings. The second-order valence-electron chi connectivity index (χ2n) is 3.21. The Morgan fingerprint density at radius 1 is 1.69 bits per heavy atom. The number of hydrogen-bond acceptors (Lipinski definition) is 3. The third-order valence-electron chi connectivity index (χ3n) is 2.07. The first-order chi connectivity index (χ1) is 7.49. The van der Waals surface area contributed by atoms with Crippen LogP contribution in [0.2, 0.25) is 0 Å². The fourth-order valence-corrected chi connectivity index (χ4v) is 1.91. The highest BCUT2D eigenvalue weighted by atomic mass is 79.9. The van der Waals surface area contributed by atoms with E-state index < -0.39 is 11.8 Å². The molecule has 0 bridgehead atoms. The van der Waals surface area contributed by atoms with Gasteiger partial charge in [-0.25, -0.2) is 9.37 Å². The highest BCUT2D eigenvalue weighted by Gasteiger charge is 2.14. The monoisotopic (exact) mass is 287 g/mol. The van der Waals surface area contributed by atoms with Crippen molar-refractivity contribution >= 4 is 33.4 Å². The van der Waals surface area contributed by atoms with Gasteiger partial charge in [-0.2, -0.15) is 0 Å². The Labute approximate surface area is 97.8 Å². The lowest BCUT2D eigenvalue weighted by molar-refractivity contribution is -0.136. The maximum Gasteiger partial charge on any atom is 0.309 e. The zero-order chi connectivity index (χ0) is 11.9. The number of aliphatic carboxylic acids is 1. The molecule has 0 fully saturated rings. The summed E-state index contributed by atoms with van der Waals surface area (Å²) in [7, 11) is 0. The summed E-state index contributed by atoms with van der Waals surface area (Å²) in [4.78, 5) is 14.6. The van der Waals surface area contributed by atoms with E-state index >= 15 is 0 Å². The van der Waals surface area contributed by atoms with Gasteiger partial charge < -0.3 is 10.8 Å². The maximum absolute atomic E-state index is 13.1. The largest absolute Gasteiger partial charge is 0.481 e. The van der Waals surface area contributed by atoms with Gasteiger partial charge in [-0.15, -0.1) is 0 Å². The number of hydrogen-bond donors (Lipinski definition) is 2. The van der Waals surface area contributed by atoms with Gasteiger partial charge in [-0.05, 0) is 22.0 Å². The van der Waals surface area contributed by atoms with E-state index in [1.165, 1.54) is 10.5 Å². The average molecular weight is 288 g/mol. The normalized spacial score (nSPS) is 10.9. The van der Waals surface area contributed by atoms with Crippen LogP contribution in [0.1, 0.15) is 5.69 Å². The highest BCUT2D eigenvalue weighted by molar-refractivity contribution is 9.10. The number of carboxylic acid groups (broad SMARTS) is 1. The Morgan fingerprint density at radius 2 is 2.38 bits per heavy atom. The minimum atomic E-state index is -1.04. The molecule has 0 amide bonds. The molecule has 0 unspecified atom stereocenters. The zero-order valence-electron chi connectivity index (χ0n) is 7.94. The Balaban J connectivity index is 2.67. The molecule has 0 aliphatic heterocycles. The van der Waals surface area contributed by atoms with Crippen LogP contribution in [0.15, 0.2) is 16.7 Å². The predicted molar refractivity (Wildman–Crippen MR) is 58.6 cm³/mol. The van der Waals surface area contributed by atoms with Crippen molar-refractivity contribution in [1.82, 2.24) is 9.38 Å². The number of fused-ring (bicyclic) bond motifs is 1. The van der Waals surface area contributed by atoms with E-state index in [1.807, 2.05) is 0 Å². The molecule has 3 N–H and O–H groups in total. The molecule has 2 rings (SSSR count). The highest BCUT2D eigenvalue weighted by Crippen LogP contribution is 2.23. The lowest BCUT2D eigenvalue weighted by Gasteiger charge is -1.98. The molecular weight excluding hydrogens is 281 g/mol. The number of rotatable bonds is 2. The number of pyridine rings is 1. The quantitative estimate of drug-likeness (QED) is 0.876. The molecule has 0 aliphatic carbocycles. The smallest absolute Gasteiger partial charge is 0.309 e. The number of nitrogens with zero attached hydrogens (tertiary/aromatic N) is 2. The lowest BCUT2D eigenvalue weighted by Crippen LogP contribution is -2.04. The topological polar surface area (TPSA) is 80.6 Å². The van der Waals surface area contributed by atoms with Gasteiger partial charge >= 0.3 is 5.97 Å². The van der Waals surface area contributed by atoms with E-state index in [-0.39, 0.29) is 17.9 Å². The standard InChI is InChI=1S/C9H7BrFN3O2/c10-5-1-4(11)3-14-8(12)6(2-7(15)16)13-9(5)14/h1,3H,2,12H2,(H,15,16). The third-order valence-corrected chi connectivity index (χ3v) is 2.66. The molecule has 0 aromatic carbocycles. The fraction of sp³-hybridized carbons (Fsp3) is 0.111. The van der Waals surface area contributed by atoms with Gasteiger partial charge in [-0.3, -0.25) is 9.20 Å². The molecule has 0 saturated carbocycles. The van der Waals surface area contributed by atoms with Crippen molar-refractivity contribution in [1.29, 1.82) is 0 Å². The second kappa shape index (κ2) is 3.75. The first kappa shape index (κ1) is 10.9. The van der Waals surface area contributed by atoms with E-state index in [0.717, 1.165) is 6.20 Å². The number of nitrogens with two attached hydrogens (primary N) is 1. The van der Waals surface area contributed by atoms with Crippen LogP contribution in [-0.2, 0) is 11.2 Å². The van der Waals surface area contributed by atoms with Crippen molar-refractivity contribution in [3.63, 3.8) is 0 Å². The Kier molecular flexibility index (Phi) is 2.55. The first-order valence-electron chi connectivity index (χ1n) is 4.32. The van der Waals surface area contributed by atoms with E-state index in [2.05, 4.69) is 20.9 Å². The number of aromatic nitrogens is 2. The lowest BCUT2D eigenvalue weighted by atomic mass is 10.3. The number of anilines is 1. The number of imidazole rings is 1. The van der Waals surface area contributed by atoms with Crippen molar-refractivity contribution in [2.45, 2.75) is 6.42 Å². The van der Waals surface area contributed by atoms with Crippen LogP contribution in [0, 0.1) is 5.82 Å². The summed E-state index contributed by atoms with van der Waals surface area (Å²) in [5.74, 6) is -1.38. The molecule has 2 aromatic rings. The van der Waals surface area contributed by atoms with Crippen LogP contribution in [-0.4, -0.2) is 20.5 Å². The molecule has 0 atom stereocenters. The predicted octanol–water partition coefficient (Wildman–Crippen LogP) is 1.45. The summed E-state index contributed by atoms with van der Waals surface area (Å²) < 4.78 is 14.8. The van der Waals surface area contributed by atoms with Crippen LogP contribution in [0.25, 0.3) is 5.65 Å². The van der Waals surface area contributed by atoms with Crippen LogP contribution in [0.3, 0.4) is 0 Å². The molecule has 0 saturated heterocycles. The van der Waals surface area contributed by atoms with Crippen LogP contribution < -0.4 is 5.73 Å². The number of carboxylic acids is 1. The average Bonchev–Trinajstić information content (AvgIpc) is 2.45. The van der Waals surface area contributed by atoms with Gasteiger partial charge in [0.15, 0.2) is 5.65 Å². The summed E-state index contributed by atoms with van der Waals surface area (Å²) in [6.07, 6.45) is 0.870. The molecule has 7 heteroatoms. The van der Waals surface area contributed by atoms with E-state index in [9.17, 15) is 9.18 Å². The first-order valence-corrected chi connectivity index (χ1v) is 5.11. The fourth-order valence-electron chi connectivity index (χ4n) is 1.41. The van der Waals surface area contributed by atoms with Crippen LogP contribution >= 0.6 is 15.9 Å². The Hall–Kier alpha value is -1.63. The van der Waals surface area contributed by atoms with E-state index in [4.69, 9.17) is 10.8 Å². The summed E-state index contributed by atoms with van der Waals surface area (Å²) in [5, 5.41) is 8.65. The summed E-state index contributed by atoms with van der Waals surface area (Å²) in [5.41, 5.74) is 6.29. The van der Waals surface area contributed by atoms with Crippen LogP contribution in [0.5, 0.6) is 0 Å². The minimum absolute atomic E-state index is 0.137. The molecule has 2 heterocycles.